The monoisotopic (exact) mass is 278 g/mol. The number of nitrogens with one attached hydrogen (secondary N) is 2. The number of carbonyl (C=O) groups excluding carboxylic acids is 2. The number of nitrogens with two attached hydrogens (primary N) is 1. The molecule has 0 saturated carbocycles. The van der Waals surface area contributed by atoms with Crippen LogP contribution in [-0.2, 0) is 4.79 Å². The smallest absolute Gasteiger partial charge is 0.252 e. The molecule has 0 radical (unpaired) electrons. The van der Waals surface area contributed by atoms with Crippen molar-refractivity contribution in [2.75, 3.05) is 5.73 Å². The Balaban J connectivity index is 2.72. The fourth-order valence-electron chi connectivity index (χ4n) is 1.65. The van der Waals surface area contributed by atoms with Crippen LogP contribution in [0.2, 0.25) is 0 Å². The van der Waals surface area contributed by atoms with E-state index in [0.29, 0.717) is 11.3 Å². The van der Waals surface area contributed by atoms with Crippen LogP contribution in [-0.4, -0.2) is 28.4 Å². The van der Waals surface area contributed by atoms with E-state index in [1.807, 2.05) is 20.8 Å². The van der Waals surface area contributed by atoms with Crippen LogP contribution in [0.25, 0.3) is 0 Å². The number of amides is 2. The summed E-state index contributed by atoms with van der Waals surface area (Å²) < 4.78 is 0. The molecule has 0 aliphatic heterocycles. The average molecular weight is 278 g/mol. The third kappa shape index (κ3) is 4.87. The van der Waals surface area contributed by atoms with E-state index in [0.717, 1.165) is 0 Å². The van der Waals surface area contributed by atoms with Crippen molar-refractivity contribution < 1.29 is 9.59 Å². The highest BCUT2D eigenvalue weighted by Crippen LogP contribution is 2.07. The van der Waals surface area contributed by atoms with Crippen LogP contribution < -0.4 is 16.4 Å². The third-order valence-electron chi connectivity index (χ3n) is 2.47. The number of nitrogens with zero attached hydrogens (tertiary/aromatic N) is 1. The predicted octanol–water partition coefficient (Wildman–Crippen LogP) is 1.01. The summed E-state index contributed by atoms with van der Waals surface area (Å²) in [7, 11) is 0. The van der Waals surface area contributed by atoms with Crippen molar-refractivity contribution in [1.29, 1.82) is 0 Å². The van der Waals surface area contributed by atoms with Gasteiger partial charge in [-0.05, 0) is 46.8 Å². The fraction of sp³-hybridized carbons (Fsp3) is 0.500. The maximum absolute atomic E-state index is 12.1. The molecule has 20 heavy (non-hydrogen) atoms. The van der Waals surface area contributed by atoms with Crippen LogP contribution in [0, 0.1) is 6.92 Å². The minimum absolute atomic E-state index is 0.232. The molecule has 110 valence electrons. The van der Waals surface area contributed by atoms with E-state index in [4.69, 9.17) is 5.73 Å². The topological polar surface area (TPSA) is 97.1 Å². The Bertz CT molecular complexity index is 500. The molecular formula is C14H22N4O2. The van der Waals surface area contributed by atoms with E-state index in [1.165, 1.54) is 6.07 Å². The van der Waals surface area contributed by atoms with Gasteiger partial charge in [0, 0.05) is 16.8 Å². The number of pyridine rings is 1. The first-order valence-corrected chi connectivity index (χ1v) is 6.45. The molecule has 4 N–H and O–H groups in total. The summed E-state index contributed by atoms with van der Waals surface area (Å²) in [6, 6.07) is 2.48. The number of carbonyl (C=O) groups is 2. The molecule has 0 spiro atoms. The second-order valence-electron chi connectivity index (χ2n) is 5.86. The van der Waals surface area contributed by atoms with Crippen LogP contribution in [0.5, 0.6) is 0 Å². The van der Waals surface area contributed by atoms with Gasteiger partial charge in [-0.1, -0.05) is 0 Å². The number of anilines is 1. The van der Waals surface area contributed by atoms with Gasteiger partial charge in [-0.15, -0.1) is 0 Å². The Morgan fingerprint density at radius 3 is 2.40 bits per heavy atom. The highest BCUT2D eigenvalue weighted by Gasteiger charge is 2.21. The van der Waals surface area contributed by atoms with Crippen molar-refractivity contribution >= 4 is 17.6 Å². The molecule has 0 bridgehead atoms. The number of hydrogen-bond acceptors (Lipinski definition) is 4. The Kier molecular flexibility index (Phi) is 4.70. The lowest BCUT2D eigenvalue weighted by molar-refractivity contribution is -0.124. The highest BCUT2D eigenvalue weighted by atomic mass is 16.2. The molecule has 1 aromatic heterocycles. The van der Waals surface area contributed by atoms with Crippen molar-refractivity contribution in [3.63, 3.8) is 0 Å². The number of aromatic nitrogens is 1. The molecule has 0 saturated heterocycles. The lowest BCUT2D eigenvalue weighted by atomic mass is 10.1. The normalized spacial score (nSPS) is 12.7. The SMILES string of the molecule is Cc1cc(C(=O)NC(C)C(=O)NC(C)(C)C)cc(N)n1. The molecule has 1 rings (SSSR count). The van der Waals surface area contributed by atoms with E-state index in [2.05, 4.69) is 15.6 Å². The Morgan fingerprint density at radius 2 is 1.90 bits per heavy atom. The van der Waals surface area contributed by atoms with E-state index >= 15 is 0 Å². The first kappa shape index (κ1) is 15.9. The second kappa shape index (κ2) is 5.90. The Labute approximate surface area is 119 Å². The minimum Gasteiger partial charge on any atom is -0.384 e. The molecule has 0 aliphatic rings. The third-order valence-corrected chi connectivity index (χ3v) is 2.47. The van der Waals surface area contributed by atoms with Crippen molar-refractivity contribution in [2.45, 2.75) is 46.2 Å². The highest BCUT2D eigenvalue weighted by molar-refractivity contribution is 5.98. The molecule has 2 amide bonds. The fourth-order valence-corrected chi connectivity index (χ4v) is 1.65. The molecule has 1 aromatic rings. The van der Waals surface area contributed by atoms with Crippen LogP contribution in [0.15, 0.2) is 12.1 Å². The Morgan fingerprint density at radius 1 is 1.30 bits per heavy atom. The molecule has 0 fully saturated rings. The standard InChI is InChI=1S/C14H22N4O2/c1-8-6-10(7-11(15)16-8)13(20)17-9(2)12(19)18-14(3,4)5/h6-7,9H,1-5H3,(H2,15,16)(H,17,20)(H,18,19). The van der Waals surface area contributed by atoms with Gasteiger partial charge in [0.15, 0.2) is 0 Å². The van der Waals surface area contributed by atoms with Gasteiger partial charge in [0.05, 0.1) is 0 Å². The minimum atomic E-state index is -0.628. The van der Waals surface area contributed by atoms with Crippen molar-refractivity contribution in [3.05, 3.63) is 23.4 Å². The molecular weight excluding hydrogens is 256 g/mol. The summed E-state index contributed by atoms with van der Waals surface area (Å²) in [4.78, 5) is 27.9. The van der Waals surface area contributed by atoms with Crippen molar-refractivity contribution in [2.24, 2.45) is 0 Å². The van der Waals surface area contributed by atoms with Crippen molar-refractivity contribution in [3.8, 4) is 0 Å². The van der Waals surface area contributed by atoms with Crippen LogP contribution in [0.4, 0.5) is 5.82 Å². The zero-order valence-electron chi connectivity index (χ0n) is 12.6. The molecule has 1 unspecified atom stereocenters. The summed E-state index contributed by atoms with van der Waals surface area (Å²) in [6.07, 6.45) is 0. The second-order valence-corrected chi connectivity index (χ2v) is 5.86. The van der Waals surface area contributed by atoms with Gasteiger partial charge in [0.25, 0.3) is 5.91 Å². The summed E-state index contributed by atoms with van der Waals surface area (Å²) in [5, 5.41) is 5.45. The van der Waals surface area contributed by atoms with Gasteiger partial charge in [-0.25, -0.2) is 4.98 Å². The maximum Gasteiger partial charge on any atom is 0.252 e. The van der Waals surface area contributed by atoms with Gasteiger partial charge < -0.3 is 16.4 Å². The first-order valence-electron chi connectivity index (χ1n) is 6.45. The lowest BCUT2D eigenvalue weighted by Crippen LogP contribution is -2.50. The Hall–Kier alpha value is -2.11. The molecule has 1 atom stereocenters. The number of aryl methyl sites for hydroxylation is 1. The zero-order valence-corrected chi connectivity index (χ0v) is 12.6. The summed E-state index contributed by atoms with van der Waals surface area (Å²) in [6.45, 7) is 9.03. The molecule has 1 heterocycles. The van der Waals surface area contributed by atoms with Crippen molar-refractivity contribution in [1.82, 2.24) is 15.6 Å². The largest absolute Gasteiger partial charge is 0.384 e. The van der Waals surface area contributed by atoms with Gasteiger partial charge in [-0.3, -0.25) is 9.59 Å². The van der Waals surface area contributed by atoms with E-state index in [-0.39, 0.29) is 23.2 Å². The molecule has 0 aliphatic carbocycles. The first-order chi connectivity index (χ1) is 9.08. The van der Waals surface area contributed by atoms with Crippen LogP contribution >= 0.6 is 0 Å². The maximum atomic E-state index is 12.1. The van der Waals surface area contributed by atoms with E-state index in [9.17, 15) is 9.59 Å². The van der Waals surface area contributed by atoms with Gasteiger partial charge in [0.2, 0.25) is 5.91 Å². The van der Waals surface area contributed by atoms with Gasteiger partial charge in [0.1, 0.15) is 11.9 Å². The lowest BCUT2D eigenvalue weighted by Gasteiger charge is -2.23. The molecule has 0 aromatic carbocycles. The predicted molar refractivity (Wildman–Crippen MR) is 78.2 cm³/mol. The van der Waals surface area contributed by atoms with E-state index < -0.39 is 6.04 Å². The molecule has 6 heteroatoms. The quantitative estimate of drug-likeness (QED) is 0.768. The average Bonchev–Trinajstić information content (AvgIpc) is 2.25. The summed E-state index contributed by atoms with van der Waals surface area (Å²) in [5.41, 5.74) is 6.31. The van der Waals surface area contributed by atoms with E-state index in [1.54, 1.807) is 19.9 Å². The number of nitrogen functional groups attached to an aromatic ring is 1. The molecule has 6 nitrogen and oxygen atoms in total. The number of rotatable bonds is 3. The van der Waals surface area contributed by atoms with Crippen LogP contribution in [0.1, 0.15) is 43.7 Å². The van der Waals surface area contributed by atoms with Crippen LogP contribution in [0.3, 0.4) is 0 Å². The van der Waals surface area contributed by atoms with Gasteiger partial charge in [-0.2, -0.15) is 0 Å². The van der Waals surface area contributed by atoms with Gasteiger partial charge >= 0.3 is 0 Å². The number of hydrogen-bond donors (Lipinski definition) is 3. The summed E-state index contributed by atoms with van der Waals surface area (Å²) in [5.74, 6) is -0.301. The zero-order chi connectivity index (χ0) is 15.5. The summed E-state index contributed by atoms with van der Waals surface area (Å²) >= 11 is 0.